The standard InChI is InChI=1S/C15H14Cl2O/c1-11-5-3-6-12(9-11)15(16,17)13-7-4-8-14(10-13)18-2/h3-10H,1-2H3. The molecule has 2 aromatic carbocycles. The first-order valence-corrected chi connectivity index (χ1v) is 6.39. The van der Waals surface area contributed by atoms with E-state index in [0.717, 1.165) is 22.4 Å². The molecule has 0 heterocycles. The van der Waals surface area contributed by atoms with Crippen molar-refractivity contribution in [2.45, 2.75) is 11.3 Å². The molecule has 0 aliphatic carbocycles. The summed E-state index contributed by atoms with van der Waals surface area (Å²) in [6.45, 7) is 2.01. The smallest absolute Gasteiger partial charge is 0.168 e. The molecule has 2 aromatic rings. The highest BCUT2D eigenvalue weighted by molar-refractivity contribution is 6.50. The van der Waals surface area contributed by atoms with Gasteiger partial charge >= 0.3 is 0 Å². The number of methoxy groups -OCH3 is 1. The van der Waals surface area contributed by atoms with E-state index in [1.165, 1.54) is 0 Å². The van der Waals surface area contributed by atoms with Gasteiger partial charge in [-0.1, -0.05) is 65.2 Å². The molecule has 0 amide bonds. The van der Waals surface area contributed by atoms with Crippen LogP contribution in [0, 0.1) is 6.92 Å². The second kappa shape index (κ2) is 5.21. The molecular weight excluding hydrogens is 267 g/mol. The molecule has 0 saturated carbocycles. The normalized spacial score (nSPS) is 11.3. The third-order valence-electron chi connectivity index (χ3n) is 2.81. The minimum absolute atomic E-state index is 0.742. The lowest BCUT2D eigenvalue weighted by atomic mass is 10.0. The summed E-state index contributed by atoms with van der Waals surface area (Å²) in [7, 11) is 1.62. The number of benzene rings is 2. The van der Waals surface area contributed by atoms with Crippen LogP contribution in [0.5, 0.6) is 5.75 Å². The summed E-state index contributed by atoms with van der Waals surface area (Å²) >= 11 is 13.0. The molecule has 0 spiro atoms. The van der Waals surface area contributed by atoms with Gasteiger partial charge in [-0.25, -0.2) is 0 Å². The van der Waals surface area contributed by atoms with Crippen molar-refractivity contribution in [3.63, 3.8) is 0 Å². The molecule has 0 bridgehead atoms. The van der Waals surface area contributed by atoms with Crippen molar-refractivity contribution in [3.05, 3.63) is 65.2 Å². The Morgan fingerprint density at radius 2 is 1.56 bits per heavy atom. The van der Waals surface area contributed by atoms with E-state index in [1.807, 2.05) is 55.5 Å². The van der Waals surface area contributed by atoms with E-state index in [2.05, 4.69) is 0 Å². The maximum atomic E-state index is 6.50. The Kier molecular flexibility index (Phi) is 3.84. The number of aryl methyl sites for hydroxylation is 1. The summed E-state index contributed by atoms with van der Waals surface area (Å²) in [6.07, 6.45) is 0. The average molecular weight is 281 g/mol. The molecule has 0 aliphatic rings. The Balaban J connectivity index is 2.46. The SMILES string of the molecule is COc1cccc(C(Cl)(Cl)c2cccc(C)c2)c1. The van der Waals surface area contributed by atoms with Crippen LogP contribution in [0.1, 0.15) is 16.7 Å². The highest BCUT2D eigenvalue weighted by Gasteiger charge is 2.29. The fourth-order valence-electron chi connectivity index (χ4n) is 1.83. The van der Waals surface area contributed by atoms with E-state index in [1.54, 1.807) is 7.11 Å². The maximum absolute atomic E-state index is 6.50. The van der Waals surface area contributed by atoms with E-state index < -0.39 is 4.33 Å². The fraction of sp³-hybridized carbons (Fsp3) is 0.200. The molecule has 18 heavy (non-hydrogen) atoms. The molecule has 0 aromatic heterocycles. The Bertz CT molecular complexity index is 550. The van der Waals surface area contributed by atoms with E-state index in [0.29, 0.717) is 0 Å². The zero-order valence-electron chi connectivity index (χ0n) is 10.3. The van der Waals surface area contributed by atoms with Crippen molar-refractivity contribution in [2.75, 3.05) is 7.11 Å². The van der Waals surface area contributed by atoms with Crippen molar-refractivity contribution in [2.24, 2.45) is 0 Å². The van der Waals surface area contributed by atoms with Gasteiger partial charge in [0, 0.05) is 0 Å². The van der Waals surface area contributed by atoms with E-state index in [9.17, 15) is 0 Å². The van der Waals surface area contributed by atoms with Gasteiger partial charge in [-0.05, 0) is 30.2 Å². The number of hydrogen-bond acceptors (Lipinski definition) is 1. The Morgan fingerprint density at radius 1 is 0.944 bits per heavy atom. The Hall–Kier alpha value is -1.18. The summed E-state index contributed by atoms with van der Waals surface area (Å²) in [5.74, 6) is 0.742. The summed E-state index contributed by atoms with van der Waals surface area (Å²) < 4.78 is 4.12. The summed E-state index contributed by atoms with van der Waals surface area (Å²) in [5, 5.41) is 0. The van der Waals surface area contributed by atoms with Crippen LogP contribution in [-0.4, -0.2) is 7.11 Å². The van der Waals surface area contributed by atoms with Crippen molar-refractivity contribution in [1.82, 2.24) is 0 Å². The third kappa shape index (κ3) is 2.63. The lowest BCUT2D eigenvalue weighted by Crippen LogP contribution is -2.12. The third-order valence-corrected chi connectivity index (χ3v) is 3.69. The first-order valence-electron chi connectivity index (χ1n) is 5.63. The molecule has 2 rings (SSSR count). The molecule has 0 saturated heterocycles. The van der Waals surface area contributed by atoms with Gasteiger partial charge in [-0.15, -0.1) is 0 Å². The van der Waals surface area contributed by atoms with Crippen LogP contribution in [0.25, 0.3) is 0 Å². The van der Waals surface area contributed by atoms with Crippen LogP contribution in [-0.2, 0) is 4.33 Å². The summed E-state index contributed by atoms with van der Waals surface area (Å²) in [5.41, 5.74) is 2.79. The van der Waals surface area contributed by atoms with Gasteiger partial charge in [0.1, 0.15) is 5.75 Å². The van der Waals surface area contributed by atoms with Crippen LogP contribution in [0.3, 0.4) is 0 Å². The van der Waals surface area contributed by atoms with Gasteiger partial charge in [0.15, 0.2) is 4.33 Å². The molecule has 0 atom stereocenters. The molecule has 0 radical (unpaired) electrons. The highest BCUT2D eigenvalue weighted by Crippen LogP contribution is 2.41. The molecular formula is C15H14Cl2O. The highest BCUT2D eigenvalue weighted by atomic mass is 35.5. The monoisotopic (exact) mass is 280 g/mol. The Morgan fingerprint density at radius 3 is 2.17 bits per heavy atom. The predicted octanol–water partition coefficient (Wildman–Crippen LogP) is 4.68. The number of hydrogen-bond donors (Lipinski definition) is 0. The van der Waals surface area contributed by atoms with Gasteiger partial charge in [-0.2, -0.15) is 0 Å². The van der Waals surface area contributed by atoms with E-state index in [-0.39, 0.29) is 0 Å². The second-order valence-electron chi connectivity index (χ2n) is 4.18. The number of alkyl halides is 2. The van der Waals surface area contributed by atoms with Crippen molar-refractivity contribution in [1.29, 1.82) is 0 Å². The Labute approximate surface area is 117 Å². The van der Waals surface area contributed by atoms with Crippen LogP contribution >= 0.6 is 23.2 Å². The average Bonchev–Trinajstić information content (AvgIpc) is 2.39. The van der Waals surface area contributed by atoms with Crippen LogP contribution in [0.4, 0.5) is 0 Å². The van der Waals surface area contributed by atoms with Crippen molar-refractivity contribution in [3.8, 4) is 5.75 Å². The van der Waals surface area contributed by atoms with Crippen LogP contribution < -0.4 is 4.74 Å². The minimum Gasteiger partial charge on any atom is -0.497 e. The van der Waals surface area contributed by atoms with Gasteiger partial charge in [0.2, 0.25) is 0 Å². The van der Waals surface area contributed by atoms with Crippen molar-refractivity contribution >= 4 is 23.2 Å². The lowest BCUT2D eigenvalue weighted by Gasteiger charge is -2.21. The quantitative estimate of drug-likeness (QED) is 0.742. The molecule has 1 nitrogen and oxygen atoms in total. The van der Waals surface area contributed by atoms with Gasteiger partial charge in [0.25, 0.3) is 0 Å². The minimum atomic E-state index is -1.07. The van der Waals surface area contributed by atoms with Gasteiger partial charge in [0.05, 0.1) is 7.11 Å². The summed E-state index contributed by atoms with van der Waals surface area (Å²) in [4.78, 5) is 0. The molecule has 0 N–H and O–H groups in total. The lowest BCUT2D eigenvalue weighted by molar-refractivity contribution is 0.414. The first-order chi connectivity index (χ1) is 8.54. The van der Waals surface area contributed by atoms with E-state index in [4.69, 9.17) is 27.9 Å². The summed E-state index contributed by atoms with van der Waals surface area (Å²) in [6, 6.07) is 15.4. The molecule has 0 aliphatic heterocycles. The maximum Gasteiger partial charge on any atom is 0.168 e. The van der Waals surface area contributed by atoms with Crippen LogP contribution in [0.2, 0.25) is 0 Å². The van der Waals surface area contributed by atoms with Gasteiger partial charge < -0.3 is 4.74 Å². The zero-order valence-corrected chi connectivity index (χ0v) is 11.8. The molecule has 0 unspecified atom stereocenters. The topological polar surface area (TPSA) is 9.23 Å². The fourth-order valence-corrected chi connectivity index (χ4v) is 2.30. The molecule has 94 valence electrons. The molecule has 3 heteroatoms. The molecule has 0 fully saturated rings. The number of ether oxygens (including phenoxy) is 1. The number of halogens is 2. The predicted molar refractivity (Wildman–Crippen MR) is 76.7 cm³/mol. The van der Waals surface area contributed by atoms with E-state index >= 15 is 0 Å². The largest absolute Gasteiger partial charge is 0.497 e. The zero-order chi connectivity index (χ0) is 13.2. The first kappa shape index (κ1) is 13.3. The number of rotatable bonds is 3. The second-order valence-corrected chi connectivity index (χ2v) is 5.50. The van der Waals surface area contributed by atoms with Crippen LogP contribution in [0.15, 0.2) is 48.5 Å². The van der Waals surface area contributed by atoms with Gasteiger partial charge in [-0.3, -0.25) is 0 Å². The van der Waals surface area contributed by atoms with Crippen molar-refractivity contribution < 1.29 is 4.74 Å².